The predicted molar refractivity (Wildman–Crippen MR) is 144 cm³/mol. The molecule has 0 fully saturated rings. The molecule has 37 heavy (non-hydrogen) atoms. The lowest BCUT2D eigenvalue weighted by atomic mass is 10.0. The van der Waals surface area contributed by atoms with Gasteiger partial charge in [0.25, 0.3) is 5.91 Å². The van der Waals surface area contributed by atoms with Crippen molar-refractivity contribution in [2.45, 2.75) is 26.3 Å². The number of anilines is 1. The Morgan fingerprint density at radius 3 is 2.81 bits per heavy atom. The number of ether oxygens (including phenoxy) is 1. The van der Waals surface area contributed by atoms with Crippen molar-refractivity contribution in [1.29, 1.82) is 5.41 Å². The van der Waals surface area contributed by atoms with Crippen LogP contribution >= 0.6 is 0 Å². The van der Waals surface area contributed by atoms with E-state index in [9.17, 15) is 4.79 Å². The fraction of sp³-hybridized carbons (Fsp3) is 0.179. The molecule has 0 aliphatic rings. The molecule has 5 rings (SSSR count). The van der Waals surface area contributed by atoms with Gasteiger partial charge in [0, 0.05) is 35.4 Å². The van der Waals surface area contributed by atoms with Gasteiger partial charge in [-0.15, -0.1) is 0 Å². The van der Waals surface area contributed by atoms with E-state index >= 15 is 0 Å². The molecule has 5 aromatic rings. The zero-order chi connectivity index (χ0) is 25.9. The van der Waals surface area contributed by atoms with Crippen molar-refractivity contribution < 1.29 is 9.53 Å². The van der Waals surface area contributed by atoms with E-state index < -0.39 is 0 Å². The van der Waals surface area contributed by atoms with Gasteiger partial charge < -0.3 is 20.4 Å². The summed E-state index contributed by atoms with van der Waals surface area (Å²) < 4.78 is 7.16. The van der Waals surface area contributed by atoms with Crippen LogP contribution in [-0.4, -0.2) is 44.0 Å². The normalized spacial score (nSPS) is 11.9. The van der Waals surface area contributed by atoms with Crippen molar-refractivity contribution in [3.8, 4) is 28.4 Å². The summed E-state index contributed by atoms with van der Waals surface area (Å²) in [5.41, 5.74) is 5.59. The van der Waals surface area contributed by atoms with E-state index in [1.807, 2.05) is 62.4 Å². The summed E-state index contributed by atoms with van der Waals surface area (Å²) in [4.78, 5) is 25.5. The number of fused-ring (bicyclic) bond motifs is 1. The Kier molecular flexibility index (Phi) is 6.51. The molecular weight excluding hydrogens is 466 g/mol. The fourth-order valence-corrected chi connectivity index (χ4v) is 4.30. The smallest absolute Gasteiger partial charge is 0.256 e. The highest BCUT2D eigenvalue weighted by atomic mass is 16.5. The number of carbonyl (C=O) groups is 1. The first-order valence-corrected chi connectivity index (χ1v) is 11.9. The molecule has 0 radical (unpaired) electrons. The summed E-state index contributed by atoms with van der Waals surface area (Å²) in [6.07, 6.45) is 3.58. The second-order valence-corrected chi connectivity index (χ2v) is 8.82. The number of methoxy groups -OCH3 is 1. The maximum atomic E-state index is 13.1. The van der Waals surface area contributed by atoms with E-state index in [1.54, 1.807) is 30.1 Å². The minimum Gasteiger partial charge on any atom is -0.481 e. The molecule has 0 bridgehead atoms. The first kappa shape index (κ1) is 23.9. The number of aryl methyl sites for hydroxylation is 1. The topological polar surface area (TPSA) is 122 Å². The lowest BCUT2D eigenvalue weighted by Crippen LogP contribution is -2.17. The van der Waals surface area contributed by atoms with Gasteiger partial charge in [0.05, 0.1) is 29.9 Å². The third-order valence-electron chi connectivity index (χ3n) is 6.13. The second-order valence-electron chi connectivity index (χ2n) is 8.82. The van der Waals surface area contributed by atoms with Crippen molar-refractivity contribution in [2.24, 2.45) is 0 Å². The lowest BCUT2D eigenvalue weighted by molar-refractivity contribution is 0.102. The van der Waals surface area contributed by atoms with Gasteiger partial charge in [0.1, 0.15) is 11.6 Å². The number of nitrogens with one attached hydrogen (secondary N) is 3. The van der Waals surface area contributed by atoms with Gasteiger partial charge in [0.15, 0.2) is 0 Å². The quantitative estimate of drug-likeness (QED) is 0.241. The van der Waals surface area contributed by atoms with Gasteiger partial charge in [-0.1, -0.05) is 18.2 Å². The molecule has 1 amide bonds. The van der Waals surface area contributed by atoms with Crippen molar-refractivity contribution in [1.82, 2.24) is 24.7 Å². The fourth-order valence-electron chi connectivity index (χ4n) is 4.30. The summed E-state index contributed by atoms with van der Waals surface area (Å²) in [7, 11) is 1.61. The van der Waals surface area contributed by atoms with Crippen LogP contribution in [-0.2, 0) is 0 Å². The number of hydrogen-bond acceptors (Lipinski definition) is 6. The second kappa shape index (κ2) is 10.1. The highest BCUT2D eigenvalue weighted by Crippen LogP contribution is 2.31. The first-order valence-electron chi connectivity index (χ1n) is 11.9. The zero-order valence-corrected chi connectivity index (χ0v) is 20.8. The van der Waals surface area contributed by atoms with Gasteiger partial charge in [0.2, 0.25) is 5.88 Å². The highest BCUT2D eigenvalue weighted by molar-refractivity contribution is 6.05. The molecule has 0 aliphatic carbocycles. The van der Waals surface area contributed by atoms with Crippen LogP contribution < -0.4 is 10.1 Å². The Morgan fingerprint density at radius 2 is 2.00 bits per heavy atom. The van der Waals surface area contributed by atoms with E-state index in [4.69, 9.17) is 15.1 Å². The Hall–Kier alpha value is -4.79. The molecule has 1 unspecified atom stereocenters. The number of aromatic nitrogens is 5. The molecule has 0 spiro atoms. The van der Waals surface area contributed by atoms with Crippen LogP contribution in [0.1, 0.15) is 35.4 Å². The number of rotatable bonds is 8. The van der Waals surface area contributed by atoms with Gasteiger partial charge in [-0.05, 0) is 62.0 Å². The molecule has 2 aromatic carbocycles. The van der Waals surface area contributed by atoms with E-state index in [0.29, 0.717) is 29.5 Å². The molecular formula is C28H27N7O2. The predicted octanol–water partition coefficient (Wildman–Crippen LogP) is 5.66. The van der Waals surface area contributed by atoms with Crippen LogP contribution in [0.5, 0.6) is 5.88 Å². The van der Waals surface area contributed by atoms with Gasteiger partial charge in [-0.2, -0.15) is 5.10 Å². The van der Waals surface area contributed by atoms with Gasteiger partial charge in [-0.3, -0.25) is 4.79 Å². The molecule has 3 aromatic heterocycles. The van der Waals surface area contributed by atoms with Crippen molar-refractivity contribution in [3.05, 3.63) is 78.1 Å². The molecule has 0 aliphatic heterocycles. The summed E-state index contributed by atoms with van der Waals surface area (Å²) in [5, 5.41) is 14.8. The van der Waals surface area contributed by atoms with Crippen LogP contribution in [0.15, 0.2) is 66.9 Å². The van der Waals surface area contributed by atoms with Crippen molar-refractivity contribution in [3.63, 3.8) is 0 Å². The van der Waals surface area contributed by atoms with Crippen molar-refractivity contribution in [2.75, 3.05) is 12.4 Å². The summed E-state index contributed by atoms with van der Waals surface area (Å²) in [6, 6.07) is 19.0. The van der Waals surface area contributed by atoms with Crippen LogP contribution in [0.25, 0.3) is 33.5 Å². The molecule has 9 heteroatoms. The Balaban J connectivity index is 1.42. The number of hydrogen-bond donors (Lipinski definition) is 3. The molecule has 3 N–H and O–H groups in total. The number of pyridine rings is 1. The Morgan fingerprint density at radius 1 is 1.16 bits per heavy atom. The average molecular weight is 494 g/mol. The zero-order valence-electron chi connectivity index (χ0n) is 20.8. The molecule has 186 valence electrons. The van der Waals surface area contributed by atoms with Gasteiger partial charge >= 0.3 is 0 Å². The van der Waals surface area contributed by atoms with E-state index in [0.717, 1.165) is 33.4 Å². The molecule has 3 heterocycles. The van der Waals surface area contributed by atoms with E-state index in [2.05, 4.69) is 20.4 Å². The van der Waals surface area contributed by atoms with E-state index in [1.165, 1.54) is 6.21 Å². The number of benzene rings is 2. The summed E-state index contributed by atoms with van der Waals surface area (Å²) in [5.74, 6) is 1.62. The third-order valence-corrected chi connectivity index (χ3v) is 6.13. The van der Waals surface area contributed by atoms with Crippen LogP contribution in [0.3, 0.4) is 0 Å². The molecule has 9 nitrogen and oxygen atoms in total. The van der Waals surface area contributed by atoms with Crippen molar-refractivity contribution >= 4 is 29.0 Å². The number of H-pyrrole nitrogens is 1. The first-order chi connectivity index (χ1) is 18.0. The Labute approximate surface area is 214 Å². The largest absolute Gasteiger partial charge is 0.481 e. The highest BCUT2D eigenvalue weighted by Gasteiger charge is 2.16. The van der Waals surface area contributed by atoms with Gasteiger partial charge in [-0.25, -0.2) is 14.6 Å². The molecule has 1 atom stereocenters. The van der Waals surface area contributed by atoms with Crippen LogP contribution in [0.4, 0.5) is 5.82 Å². The molecule has 0 saturated carbocycles. The van der Waals surface area contributed by atoms with E-state index in [-0.39, 0.29) is 11.9 Å². The maximum Gasteiger partial charge on any atom is 0.256 e. The summed E-state index contributed by atoms with van der Waals surface area (Å²) in [6.45, 7) is 3.84. The number of carbonyl (C=O) groups excluding carboxylic acids is 1. The number of nitrogens with zero attached hydrogens (tertiary/aromatic N) is 4. The maximum absolute atomic E-state index is 13.1. The number of amides is 1. The average Bonchev–Trinajstić information content (AvgIpc) is 3.51. The SMILES string of the molecule is COc1ncccc1-c1cccc(-c2nc3ccc(C(=O)Nc4cc(C)nn4C(C)CC=N)cc3[nH]2)c1. The minimum atomic E-state index is -0.244. The van der Waals surface area contributed by atoms with Crippen LogP contribution in [0, 0.1) is 12.3 Å². The third kappa shape index (κ3) is 4.84. The lowest BCUT2D eigenvalue weighted by Gasteiger charge is -2.14. The minimum absolute atomic E-state index is 0.0402. The molecule has 0 saturated heterocycles. The van der Waals surface area contributed by atoms with Crippen LogP contribution in [0.2, 0.25) is 0 Å². The monoisotopic (exact) mass is 493 g/mol. The number of imidazole rings is 1. The summed E-state index contributed by atoms with van der Waals surface area (Å²) >= 11 is 0. The standard InChI is InChI=1S/C28H27N7O2/c1-17-14-25(35(34-17)18(2)11-12-29)33-27(36)21-9-10-23-24(16-21)32-26(31-23)20-7-4-6-19(15-20)22-8-5-13-30-28(22)37-3/h4-10,12-16,18,29H,11H2,1-3H3,(H,31,32)(H,33,36). The Bertz CT molecular complexity index is 1600. The number of aromatic amines is 1.